The van der Waals surface area contributed by atoms with Gasteiger partial charge in [0.25, 0.3) is 0 Å². The number of benzene rings is 2. The van der Waals surface area contributed by atoms with Crippen molar-refractivity contribution in [2.24, 2.45) is 0 Å². The van der Waals surface area contributed by atoms with Crippen molar-refractivity contribution in [3.05, 3.63) is 52.8 Å². The number of piperidine rings is 1. The van der Waals surface area contributed by atoms with Crippen molar-refractivity contribution >= 4 is 17.3 Å². The average Bonchev–Trinajstić information content (AvgIpc) is 3.34. The number of nitrogens with one attached hydrogen (secondary N) is 1. The number of amides is 1. The fraction of sp³-hybridized carbons (Fsp3) is 0.458. The highest BCUT2D eigenvalue weighted by Gasteiger charge is 2.45. The number of hydrogen-bond donors (Lipinski definition) is 1. The van der Waals surface area contributed by atoms with Crippen LogP contribution in [0.25, 0.3) is 0 Å². The zero-order chi connectivity index (χ0) is 20.2. The molecule has 2 aromatic rings. The van der Waals surface area contributed by atoms with Gasteiger partial charge in [-0.05, 0) is 49.1 Å². The Labute approximate surface area is 175 Å². The Morgan fingerprint density at radius 1 is 1.23 bits per heavy atom. The summed E-state index contributed by atoms with van der Waals surface area (Å²) in [6.07, 6.45) is 3.58. The van der Waals surface area contributed by atoms with Crippen molar-refractivity contribution in [3.8, 4) is 5.75 Å². The molecule has 0 bridgehead atoms. The lowest BCUT2D eigenvalue weighted by atomic mass is 9.89. The molecule has 5 nitrogen and oxygen atoms in total. The minimum Gasteiger partial charge on any atom is -0.493 e. The second-order valence-electron chi connectivity index (χ2n) is 8.90. The normalized spacial score (nSPS) is 24.2. The maximum atomic E-state index is 14.4. The van der Waals surface area contributed by atoms with E-state index in [9.17, 15) is 9.18 Å². The number of nitrogens with zero attached hydrogens (tertiary/aromatic N) is 2. The first kappa shape index (κ1) is 18.2. The van der Waals surface area contributed by atoms with E-state index in [1.165, 1.54) is 11.3 Å². The van der Waals surface area contributed by atoms with Gasteiger partial charge in [-0.3, -0.25) is 4.79 Å². The molecular formula is C24H26FN3O2. The third-order valence-corrected chi connectivity index (χ3v) is 7.21. The van der Waals surface area contributed by atoms with E-state index >= 15 is 0 Å². The standard InChI is InChI=1S/C24H26FN3O2/c25-19-7-6-15-9-12-30-24(15)17(19)4-2-10-27-11-8-21-18(13-27)16-3-1-5-20-23(16)28(21)14-22(29)26-20/h1,3,5-7,18,21H,2,4,8-14H2,(H,26,29)/t18-,21-/m0/s1. The Morgan fingerprint density at radius 2 is 2.17 bits per heavy atom. The highest BCUT2D eigenvalue weighted by molar-refractivity contribution is 6.03. The van der Waals surface area contributed by atoms with Gasteiger partial charge >= 0.3 is 0 Å². The van der Waals surface area contributed by atoms with Gasteiger partial charge in [-0.1, -0.05) is 18.2 Å². The molecule has 0 aromatic heterocycles. The van der Waals surface area contributed by atoms with Crippen LogP contribution in [-0.4, -0.2) is 49.6 Å². The van der Waals surface area contributed by atoms with Crippen LogP contribution in [0, 0.1) is 5.82 Å². The van der Waals surface area contributed by atoms with E-state index in [-0.39, 0.29) is 11.7 Å². The van der Waals surface area contributed by atoms with Crippen LogP contribution >= 0.6 is 0 Å². The number of likely N-dealkylation sites (tertiary alicyclic amines) is 1. The number of ether oxygens (including phenoxy) is 1. The monoisotopic (exact) mass is 407 g/mol. The number of halogens is 1. The van der Waals surface area contributed by atoms with Crippen molar-refractivity contribution in [2.45, 2.75) is 37.6 Å². The molecular weight excluding hydrogens is 381 g/mol. The molecule has 0 unspecified atom stereocenters. The van der Waals surface area contributed by atoms with Gasteiger partial charge in [0, 0.05) is 37.0 Å². The number of rotatable bonds is 4. The molecule has 0 radical (unpaired) electrons. The maximum Gasteiger partial charge on any atom is 0.243 e. The van der Waals surface area contributed by atoms with Crippen LogP contribution in [0.5, 0.6) is 5.75 Å². The van der Waals surface area contributed by atoms with Crippen molar-refractivity contribution in [1.82, 2.24) is 4.90 Å². The quantitative estimate of drug-likeness (QED) is 0.845. The molecule has 2 atom stereocenters. The van der Waals surface area contributed by atoms with Crippen molar-refractivity contribution < 1.29 is 13.9 Å². The second-order valence-corrected chi connectivity index (χ2v) is 8.90. The van der Waals surface area contributed by atoms with E-state index < -0.39 is 0 Å². The molecule has 6 heteroatoms. The number of hydrogen-bond acceptors (Lipinski definition) is 4. The first-order chi connectivity index (χ1) is 14.7. The molecule has 4 aliphatic heterocycles. The SMILES string of the molecule is O=C1CN2c3c(cccc3[C@@H]3CN(CCCc4c(F)ccc5c4OCC5)CC[C@@H]32)N1. The lowest BCUT2D eigenvalue weighted by Gasteiger charge is -2.39. The van der Waals surface area contributed by atoms with Gasteiger partial charge in [0.15, 0.2) is 0 Å². The van der Waals surface area contributed by atoms with E-state index in [2.05, 4.69) is 27.2 Å². The molecule has 1 fully saturated rings. The second kappa shape index (κ2) is 6.98. The predicted octanol–water partition coefficient (Wildman–Crippen LogP) is 3.32. The van der Waals surface area contributed by atoms with Crippen LogP contribution in [0.1, 0.15) is 35.4 Å². The number of carbonyl (C=O) groups excluding carboxylic acids is 1. The first-order valence-electron chi connectivity index (χ1n) is 11.0. The smallest absolute Gasteiger partial charge is 0.243 e. The van der Waals surface area contributed by atoms with Gasteiger partial charge in [-0.2, -0.15) is 0 Å². The molecule has 1 saturated heterocycles. The summed E-state index contributed by atoms with van der Waals surface area (Å²) in [6, 6.07) is 10.1. The van der Waals surface area contributed by atoms with Gasteiger partial charge in [-0.25, -0.2) is 4.39 Å². The average molecular weight is 407 g/mol. The largest absolute Gasteiger partial charge is 0.493 e. The molecule has 1 amide bonds. The molecule has 4 heterocycles. The minimum atomic E-state index is -0.141. The topological polar surface area (TPSA) is 44.8 Å². The van der Waals surface area contributed by atoms with Crippen LogP contribution in [-0.2, 0) is 17.6 Å². The highest BCUT2D eigenvalue weighted by atomic mass is 19.1. The summed E-state index contributed by atoms with van der Waals surface area (Å²) in [6.45, 7) is 4.10. The Hall–Kier alpha value is -2.60. The Balaban J connectivity index is 1.15. The van der Waals surface area contributed by atoms with Crippen LogP contribution in [0.3, 0.4) is 0 Å². The summed E-state index contributed by atoms with van der Waals surface area (Å²) in [5.41, 5.74) is 5.44. The van der Waals surface area contributed by atoms with Gasteiger partial charge < -0.3 is 19.9 Å². The Morgan fingerprint density at radius 3 is 3.10 bits per heavy atom. The zero-order valence-electron chi connectivity index (χ0n) is 17.0. The van der Waals surface area contributed by atoms with Crippen LogP contribution in [0.15, 0.2) is 30.3 Å². The summed E-state index contributed by atoms with van der Waals surface area (Å²) in [5, 5.41) is 3.03. The van der Waals surface area contributed by atoms with E-state index in [0.717, 1.165) is 61.5 Å². The van der Waals surface area contributed by atoms with Gasteiger partial charge in [0.2, 0.25) is 5.91 Å². The van der Waals surface area contributed by atoms with Gasteiger partial charge in [-0.15, -0.1) is 0 Å². The lowest BCUT2D eigenvalue weighted by Crippen LogP contribution is -2.49. The van der Waals surface area contributed by atoms with E-state index in [1.807, 2.05) is 12.1 Å². The summed E-state index contributed by atoms with van der Waals surface area (Å²) in [5.74, 6) is 1.17. The maximum absolute atomic E-state index is 14.4. The van der Waals surface area contributed by atoms with E-state index in [1.54, 1.807) is 6.07 Å². The predicted molar refractivity (Wildman–Crippen MR) is 114 cm³/mol. The molecule has 4 aliphatic rings. The molecule has 6 rings (SSSR count). The lowest BCUT2D eigenvalue weighted by molar-refractivity contribution is -0.115. The summed E-state index contributed by atoms with van der Waals surface area (Å²) in [4.78, 5) is 17.0. The third kappa shape index (κ3) is 2.81. The minimum absolute atomic E-state index is 0.0855. The van der Waals surface area contributed by atoms with Crippen LogP contribution in [0.4, 0.5) is 15.8 Å². The van der Waals surface area contributed by atoms with Crippen LogP contribution in [0.2, 0.25) is 0 Å². The molecule has 0 saturated carbocycles. The van der Waals surface area contributed by atoms with E-state index in [4.69, 9.17) is 4.74 Å². The number of fused-ring (bicyclic) bond motifs is 4. The number of para-hydroxylation sites is 1. The van der Waals surface area contributed by atoms with Gasteiger partial charge in [0.1, 0.15) is 11.6 Å². The fourth-order valence-corrected chi connectivity index (χ4v) is 5.88. The molecule has 2 aromatic carbocycles. The molecule has 1 N–H and O–H groups in total. The van der Waals surface area contributed by atoms with Crippen molar-refractivity contribution in [2.75, 3.05) is 43.0 Å². The highest BCUT2D eigenvalue weighted by Crippen LogP contribution is 2.49. The van der Waals surface area contributed by atoms with E-state index in [0.29, 0.717) is 31.5 Å². The molecule has 156 valence electrons. The Kier molecular flexibility index (Phi) is 4.23. The van der Waals surface area contributed by atoms with Crippen molar-refractivity contribution in [3.63, 3.8) is 0 Å². The molecule has 30 heavy (non-hydrogen) atoms. The molecule has 0 aliphatic carbocycles. The van der Waals surface area contributed by atoms with Crippen molar-refractivity contribution in [1.29, 1.82) is 0 Å². The summed E-state index contributed by atoms with van der Waals surface area (Å²) < 4.78 is 20.1. The number of anilines is 2. The fourth-order valence-electron chi connectivity index (χ4n) is 5.88. The van der Waals surface area contributed by atoms with Crippen LogP contribution < -0.4 is 15.0 Å². The first-order valence-corrected chi connectivity index (χ1v) is 11.0. The van der Waals surface area contributed by atoms with Gasteiger partial charge in [0.05, 0.1) is 24.5 Å². The third-order valence-electron chi connectivity index (χ3n) is 7.21. The zero-order valence-corrected chi connectivity index (χ0v) is 17.0. The Bertz CT molecular complexity index is 1020. The summed E-state index contributed by atoms with van der Waals surface area (Å²) >= 11 is 0. The summed E-state index contributed by atoms with van der Waals surface area (Å²) in [7, 11) is 0. The molecule has 0 spiro atoms. The number of carbonyl (C=O) groups is 1.